The van der Waals surface area contributed by atoms with Gasteiger partial charge in [-0.1, -0.05) is 0 Å². The van der Waals surface area contributed by atoms with Gasteiger partial charge in [-0.2, -0.15) is 0 Å². The molecule has 0 aromatic heterocycles. The fourth-order valence-corrected chi connectivity index (χ4v) is 2.80. The highest BCUT2D eigenvalue weighted by Gasteiger charge is 2.21. The lowest BCUT2D eigenvalue weighted by atomic mass is 10.1. The molecule has 2 N–H and O–H groups in total. The summed E-state index contributed by atoms with van der Waals surface area (Å²) in [6, 6.07) is 14.6. The van der Waals surface area contributed by atoms with Crippen LogP contribution in [0.4, 0.5) is 16.2 Å². The number of rotatable bonds is 4. The van der Waals surface area contributed by atoms with Crippen LogP contribution in [0.5, 0.6) is 0 Å². The van der Waals surface area contributed by atoms with Crippen molar-refractivity contribution >= 4 is 35.1 Å². The molecule has 0 bridgehead atoms. The molecular weight excluding hydrogens is 310 g/mol. The first-order valence-electron chi connectivity index (χ1n) is 7.28. The van der Waals surface area contributed by atoms with Gasteiger partial charge >= 0.3 is 6.03 Å². The van der Waals surface area contributed by atoms with E-state index in [0.717, 1.165) is 16.3 Å². The molecule has 23 heavy (non-hydrogen) atoms. The molecule has 0 unspecified atom stereocenters. The van der Waals surface area contributed by atoms with Gasteiger partial charge in [-0.15, -0.1) is 11.8 Å². The van der Waals surface area contributed by atoms with E-state index in [-0.39, 0.29) is 11.9 Å². The van der Waals surface area contributed by atoms with Crippen LogP contribution in [0.25, 0.3) is 0 Å². The molecular formula is C17H17N3O2S. The van der Waals surface area contributed by atoms with Gasteiger partial charge in [-0.05, 0) is 54.8 Å². The van der Waals surface area contributed by atoms with Gasteiger partial charge in [0.25, 0.3) is 5.91 Å². The molecule has 5 nitrogen and oxygen atoms in total. The molecule has 0 atom stereocenters. The van der Waals surface area contributed by atoms with Crippen LogP contribution in [-0.2, 0) is 0 Å². The van der Waals surface area contributed by atoms with Crippen LogP contribution in [0.1, 0.15) is 10.4 Å². The second-order valence-corrected chi connectivity index (χ2v) is 5.99. The molecule has 1 aliphatic rings. The van der Waals surface area contributed by atoms with Gasteiger partial charge in [0, 0.05) is 34.9 Å². The second kappa shape index (κ2) is 6.75. The zero-order chi connectivity index (χ0) is 16.2. The zero-order valence-corrected chi connectivity index (χ0v) is 13.5. The van der Waals surface area contributed by atoms with Gasteiger partial charge in [0.05, 0.1) is 0 Å². The van der Waals surface area contributed by atoms with Gasteiger partial charge in [-0.3, -0.25) is 9.69 Å². The maximum absolute atomic E-state index is 12.3. The fraction of sp³-hybridized carbons (Fsp3) is 0.176. The summed E-state index contributed by atoms with van der Waals surface area (Å²) in [6.45, 7) is 1.29. The molecule has 3 rings (SSSR count). The van der Waals surface area contributed by atoms with Crippen molar-refractivity contribution in [2.45, 2.75) is 4.90 Å². The topological polar surface area (TPSA) is 61.4 Å². The van der Waals surface area contributed by atoms with E-state index in [4.69, 9.17) is 0 Å². The van der Waals surface area contributed by atoms with Crippen molar-refractivity contribution < 1.29 is 9.59 Å². The Morgan fingerprint density at radius 2 is 1.83 bits per heavy atom. The lowest BCUT2D eigenvalue weighted by Gasteiger charge is -2.14. The molecule has 0 saturated carbocycles. The van der Waals surface area contributed by atoms with Crippen molar-refractivity contribution in [1.29, 1.82) is 0 Å². The third-order valence-electron chi connectivity index (χ3n) is 3.65. The molecule has 2 aromatic rings. The highest BCUT2D eigenvalue weighted by molar-refractivity contribution is 7.98. The minimum absolute atomic E-state index is 0.101. The summed E-state index contributed by atoms with van der Waals surface area (Å²) in [5.74, 6) is -0.167. The number of urea groups is 1. The number of hydrogen-bond donors (Lipinski definition) is 2. The minimum atomic E-state index is -0.167. The summed E-state index contributed by atoms with van der Waals surface area (Å²) in [6.07, 6.45) is 2.01. The number of carbonyl (C=O) groups is 2. The summed E-state index contributed by atoms with van der Waals surface area (Å²) >= 11 is 1.66. The smallest absolute Gasteiger partial charge is 0.321 e. The SMILES string of the molecule is CSc1ccc(NC(=O)c2ccc(N3CCNC3=O)cc2)cc1. The largest absolute Gasteiger partial charge is 0.336 e. The van der Waals surface area contributed by atoms with Gasteiger partial charge < -0.3 is 10.6 Å². The lowest BCUT2D eigenvalue weighted by Crippen LogP contribution is -2.27. The van der Waals surface area contributed by atoms with Crippen molar-refractivity contribution in [3.63, 3.8) is 0 Å². The van der Waals surface area contributed by atoms with E-state index in [0.29, 0.717) is 18.7 Å². The monoisotopic (exact) mass is 327 g/mol. The fourth-order valence-electron chi connectivity index (χ4n) is 2.39. The molecule has 1 heterocycles. The molecule has 1 fully saturated rings. The van der Waals surface area contributed by atoms with Crippen LogP contribution in [0.3, 0.4) is 0 Å². The third kappa shape index (κ3) is 3.48. The highest BCUT2D eigenvalue weighted by atomic mass is 32.2. The van der Waals surface area contributed by atoms with Crippen LogP contribution in [0.15, 0.2) is 53.4 Å². The van der Waals surface area contributed by atoms with Crippen LogP contribution in [-0.4, -0.2) is 31.3 Å². The normalized spacial score (nSPS) is 13.8. The number of nitrogens with zero attached hydrogens (tertiary/aromatic N) is 1. The van der Waals surface area contributed by atoms with Crippen LogP contribution >= 0.6 is 11.8 Å². The molecule has 118 valence electrons. The van der Waals surface area contributed by atoms with Crippen LogP contribution in [0, 0.1) is 0 Å². The Kier molecular flexibility index (Phi) is 4.52. The Bertz CT molecular complexity index is 714. The molecule has 1 saturated heterocycles. The molecule has 3 amide bonds. The number of benzene rings is 2. The second-order valence-electron chi connectivity index (χ2n) is 5.11. The third-order valence-corrected chi connectivity index (χ3v) is 4.39. The number of carbonyl (C=O) groups excluding carboxylic acids is 2. The van der Waals surface area contributed by atoms with E-state index in [1.165, 1.54) is 0 Å². The average Bonchev–Trinajstić information content (AvgIpc) is 3.02. The Balaban J connectivity index is 1.68. The predicted octanol–water partition coefficient (Wildman–Crippen LogP) is 3.19. The summed E-state index contributed by atoms with van der Waals surface area (Å²) in [5, 5.41) is 5.62. The van der Waals surface area contributed by atoms with E-state index in [9.17, 15) is 9.59 Å². The van der Waals surface area contributed by atoms with Crippen molar-refractivity contribution in [2.75, 3.05) is 29.6 Å². The average molecular weight is 327 g/mol. The summed E-state index contributed by atoms with van der Waals surface area (Å²) in [5.41, 5.74) is 2.11. The first-order valence-corrected chi connectivity index (χ1v) is 8.51. The standard InChI is InChI=1S/C17H17N3O2S/c1-23-15-8-4-13(5-9-15)19-16(21)12-2-6-14(7-3-12)20-11-10-18-17(20)22/h2-9H,10-11H2,1H3,(H,18,22)(H,19,21). The molecule has 1 aliphatic heterocycles. The van der Waals surface area contributed by atoms with E-state index >= 15 is 0 Å². The predicted molar refractivity (Wildman–Crippen MR) is 93.4 cm³/mol. The quantitative estimate of drug-likeness (QED) is 0.848. The van der Waals surface area contributed by atoms with Crippen LogP contribution < -0.4 is 15.5 Å². The van der Waals surface area contributed by atoms with Gasteiger partial charge in [0.2, 0.25) is 0 Å². The zero-order valence-electron chi connectivity index (χ0n) is 12.7. The first-order chi connectivity index (χ1) is 11.2. The van der Waals surface area contributed by atoms with Gasteiger partial charge in [-0.25, -0.2) is 4.79 Å². The van der Waals surface area contributed by atoms with Crippen molar-refractivity contribution in [3.8, 4) is 0 Å². The number of anilines is 2. The lowest BCUT2D eigenvalue weighted by molar-refractivity contribution is 0.102. The Labute approximate surface area is 139 Å². The van der Waals surface area contributed by atoms with Crippen molar-refractivity contribution in [2.24, 2.45) is 0 Å². The highest BCUT2D eigenvalue weighted by Crippen LogP contribution is 2.20. The van der Waals surface area contributed by atoms with Crippen molar-refractivity contribution in [1.82, 2.24) is 5.32 Å². The van der Waals surface area contributed by atoms with E-state index in [1.54, 1.807) is 40.9 Å². The Morgan fingerprint density at radius 1 is 1.13 bits per heavy atom. The Morgan fingerprint density at radius 3 is 2.39 bits per heavy atom. The Hall–Kier alpha value is -2.47. The molecule has 6 heteroatoms. The van der Waals surface area contributed by atoms with E-state index in [1.807, 2.05) is 30.5 Å². The number of hydrogen-bond acceptors (Lipinski definition) is 3. The molecule has 2 aromatic carbocycles. The summed E-state index contributed by atoms with van der Waals surface area (Å²) in [4.78, 5) is 26.7. The summed E-state index contributed by atoms with van der Waals surface area (Å²) in [7, 11) is 0. The minimum Gasteiger partial charge on any atom is -0.336 e. The summed E-state index contributed by atoms with van der Waals surface area (Å²) < 4.78 is 0. The first kappa shape index (κ1) is 15.4. The molecule has 0 radical (unpaired) electrons. The maximum Gasteiger partial charge on any atom is 0.321 e. The number of nitrogens with one attached hydrogen (secondary N) is 2. The van der Waals surface area contributed by atoms with E-state index < -0.39 is 0 Å². The number of amides is 3. The molecule has 0 aliphatic carbocycles. The van der Waals surface area contributed by atoms with Gasteiger partial charge in [0.15, 0.2) is 0 Å². The van der Waals surface area contributed by atoms with E-state index in [2.05, 4.69) is 10.6 Å². The van der Waals surface area contributed by atoms with Gasteiger partial charge in [0.1, 0.15) is 0 Å². The van der Waals surface area contributed by atoms with Crippen molar-refractivity contribution in [3.05, 3.63) is 54.1 Å². The van der Waals surface area contributed by atoms with Crippen LogP contribution in [0.2, 0.25) is 0 Å². The maximum atomic E-state index is 12.3. The number of thioether (sulfide) groups is 1. The molecule has 0 spiro atoms.